The Balaban J connectivity index is 1.14. The highest BCUT2D eigenvalue weighted by molar-refractivity contribution is 7.23. The highest BCUT2D eigenvalue weighted by Gasteiger charge is 2.23. The Kier molecular flexibility index (Phi) is 6.92. The molecule has 2 aromatic carbocycles. The molecule has 9 heteroatoms. The van der Waals surface area contributed by atoms with Gasteiger partial charge in [0.15, 0.2) is 4.96 Å². The summed E-state index contributed by atoms with van der Waals surface area (Å²) < 4.78 is 31.6. The average molecular weight is 524 g/mol. The molecule has 0 bridgehead atoms. The van der Waals surface area contributed by atoms with Gasteiger partial charge in [0.05, 0.1) is 15.9 Å². The van der Waals surface area contributed by atoms with Crippen molar-refractivity contribution in [2.45, 2.75) is 44.3 Å². The summed E-state index contributed by atoms with van der Waals surface area (Å²) in [7, 11) is 0. The molecule has 1 atom stereocenters. The molecule has 0 aliphatic carbocycles. The van der Waals surface area contributed by atoms with Crippen molar-refractivity contribution in [2.75, 3.05) is 32.7 Å². The van der Waals surface area contributed by atoms with Gasteiger partial charge in [-0.15, -0.1) is 0 Å². The van der Waals surface area contributed by atoms with Gasteiger partial charge in [0.2, 0.25) is 0 Å². The van der Waals surface area contributed by atoms with Gasteiger partial charge >= 0.3 is 0 Å². The number of alkyl halides is 1. The molecule has 194 valence electrons. The summed E-state index contributed by atoms with van der Waals surface area (Å²) in [5.41, 5.74) is 3.39. The normalized spacial score (nSPS) is 19.2. The maximum absolute atomic E-state index is 15.4. The number of likely N-dealkylation sites (tertiary alicyclic amines) is 1. The van der Waals surface area contributed by atoms with Crippen molar-refractivity contribution in [1.82, 2.24) is 24.9 Å². The number of carbonyl (C=O) groups is 1. The zero-order valence-electron chi connectivity index (χ0n) is 20.7. The lowest BCUT2D eigenvalue weighted by Crippen LogP contribution is -2.36. The Morgan fingerprint density at radius 3 is 2.86 bits per heavy atom. The van der Waals surface area contributed by atoms with Gasteiger partial charge in [0.1, 0.15) is 12.0 Å². The summed E-state index contributed by atoms with van der Waals surface area (Å²) in [6, 6.07) is 11.2. The molecule has 2 aliphatic heterocycles. The van der Waals surface area contributed by atoms with Crippen LogP contribution in [0.1, 0.15) is 54.1 Å². The molecule has 2 N–H and O–H groups in total. The Hall–Kier alpha value is -2.88. The summed E-state index contributed by atoms with van der Waals surface area (Å²) in [6.07, 6.45) is 5.27. The van der Waals surface area contributed by atoms with E-state index >= 15 is 4.39 Å². The fraction of sp³-hybridized carbons (Fsp3) is 0.429. The number of aromatic nitrogens is 2. The van der Waals surface area contributed by atoms with Crippen molar-refractivity contribution in [1.29, 1.82) is 0 Å². The van der Waals surface area contributed by atoms with Gasteiger partial charge in [-0.3, -0.25) is 9.20 Å². The van der Waals surface area contributed by atoms with E-state index in [1.165, 1.54) is 11.3 Å². The number of carbonyl (C=O) groups excluding carboxylic acids is 1. The van der Waals surface area contributed by atoms with Crippen LogP contribution < -0.4 is 10.6 Å². The number of thiazole rings is 1. The zero-order chi connectivity index (χ0) is 25.4. The van der Waals surface area contributed by atoms with Crippen molar-refractivity contribution in [3.8, 4) is 11.3 Å². The van der Waals surface area contributed by atoms with E-state index in [1.54, 1.807) is 6.07 Å². The number of benzene rings is 2. The number of nitrogens with one attached hydrogen (secondary N) is 2. The van der Waals surface area contributed by atoms with E-state index in [-0.39, 0.29) is 17.8 Å². The van der Waals surface area contributed by atoms with E-state index < -0.39 is 6.17 Å². The highest BCUT2D eigenvalue weighted by Crippen LogP contribution is 2.34. The second-order valence-electron chi connectivity index (χ2n) is 10.0. The molecule has 2 fully saturated rings. The molecule has 0 spiro atoms. The van der Waals surface area contributed by atoms with Crippen LogP contribution in [-0.4, -0.2) is 59.1 Å². The lowest BCUT2D eigenvalue weighted by atomic mass is 10.0. The van der Waals surface area contributed by atoms with Gasteiger partial charge in [0.25, 0.3) is 5.91 Å². The first-order valence-electron chi connectivity index (χ1n) is 13.2. The minimum atomic E-state index is -0.663. The molecule has 1 amide bonds. The Morgan fingerprint density at radius 1 is 1.19 bits per heavy atom. The summed E-state index contributed by atoms with van der Waals surface area (Å²) in [6.45, 7) is 3.97. The highest BCUT2D eigenvalue weighted by atomic mass is 32.1. The minimum Gasteiger partial charge on any atom is -0.352 e. The van der Waals surface area contributed by atoms with Crippen LogP contribution in [0, 0.1) is 5.82 Å². The number of amides is 1. The number of hydrogen-bond acceptors (Lipinski definition) is 5. The molecule has 0 radical (unpaired) electrons. The van der Waals surface area contributed by atoms with Crippen molar-refractivity contribution >= 4 is 32.4 Å². The molecule has 4 aromatic rings. The lowest BCUT2D eigenvalue weighted by Gasteiger charge is -2.28. The summed E-state index contributed by atoms with van der Waals surface area (Å²) in [4.78, 5) is 20.5. The molecule has 4 heterocycles. The van der Waals surface area contributed by atoms with Crippen molar-refractivity contribution in [2.24, 2.45) is 0 Å². The average Bonchev–Trinajstić information content (AvgIpc) is 3.64. The first-order valence-corrected chi connectivity index (χ1v) is 14.0. The van der Waals surface area contributed by atoms with Crippen LogP contribution in [0.3, 0.4) is 0 Å². The van der Waals surface area contributed by atoms with Crippen molar-refractivity contribution in [3.05, 3.63) is 59.5 Å². The molecule has 0 saturated carbocycles. The van der Waals surface area contributed by atoms with Gasteiger partial charge < -0.3 is 15.5 Å². The van der Waals surface area contributed by atoms with Gasteiger partial charge in [-0.05, 0) is 69.5 Å². The number of nitrogens with zero attached hydrogens (tertiary/aromatic N) is 3. The second kappa shape index (κ2) is 10.5. The summed E-state index contributed by atoms with van der Waals surface area (Å²) >= 11 is 1.49. The van der Waals surface area contributed by atoms with Crippen LogP contribution in [0.25, 0.3) is 26.4 Å². The van der Waals surface area contributed by atoms with E-state index in [0.29, 0.717) is 41.8 Å². The Bertz CT molecular complexity index is 1420. The molecule has 6 rings (SSSR count). The standard InChI is InChI=1S/C28H31F2N5OS/c29-19-9-14-34(15-10-19)13-3-12-32-27(36)18-7-8-24-25(16-18)37-28-33-23(17-35(24)28)21-5-1-4-20(26(21)30)22-6-2-11-31-22/h1,4-5,7-8,16-17,19,22,31H,2-3,6,9-15H2,(H,32,36)/t22-/m1/s1. The van der Waals surface area contributed by atoms with E-state index in [9.17, 15) is 9.18 Å². The molecule has 6 nitrogen and oxygen atoms in total. The van der Waals surface area contributed by atoms with Gasteiger partial charge in [-0.1, -0.05) is 23.5 Å². The van der Waals surface area contributed by atoms with Crippen LogP contribution >= 0.6 is 11.3 Å². The first kappa shape index (κ1) is 24.5. The van der Waals surface area contributed by atoms with Crippen LogP contribution in [-0.2, 0) is 0 Å². The van der Waals surface area contributed by atoms with Crippen LogP contribution in [0.15, 0.2) is 42.6 Å². The van der Waals surface area contributed by atoms with E-state index in [1.807, 2.05) is 40.9 Å². The molecular weight excluding hydrogens is 492 g/mol. The van der Waals surface area contributed by atoms with Crippen LogP contribution in [0.4, 0.5) is 8.78 Å². The number of rotatable bonds is 7. The number of piperidine rings is 1. The fourth-order valence-corrected chi connectivity index (χ4v) is 6.52. The van der Waals surface area contributed by atoms with Gasteiger partial charge in [0, 0.05) is 48.6 Å². The van der Waals surface area contributed by atoms with E-state index in [2.05, 4.69) is 15.5 Å². The van der Waals surface area contributed by atoms with Crippen molar-refractivity contribution in [3.63, 3.8) is 0 Å². The Labute approximate surface area is 218 Å². The predicted molar refractivity (Wildman–Crippen MR) is 143 cm³/mol. The second-order valence-corrected chi connectivity index (χ2v) is 11.1. The summed E-state index contributed by atoms with van der Waals surface area (Å²) in [5.74, 6) is -0.307. The zero-order valence-corrected chi connectivity index (χ0v) is 21.5. The monoisotopic (exact) mass is 523 g/mol. The number of imidazole rings is 1. The van der Waals surface area contributed by atoms with Gasteiger partial charge in [-0.2, -0.15) is 0 Å². The third-order valence-corrected chi connectivity index (χ3v) is 8.57. The number of halogens is 2. The fourth-order valence-electron chi connectivity index (χ4n) is 5.47. The largest absolute Gasteiger partial charge is 0.352 e. The summed E-state index contributed by atoms with van der Waals surface area (Å²) in [5, 5.41) is 6.37. The number of hydrogen-bond donors (Lipinski definition) is 2. The van der Waals surface area contributed by atoms with Crippen molar-refractivity contribution < 1.29 is 13.6 Å². The predicted octanol–water partition coefficient (Wildman–Crippen LogP) is 5.33. The maximum atomic E-state index is 15.4. The quantitative estimate of drug-likeness (QED) is 0.322. The first-order chi connectivity index (χ1) is 18.1. The lowest BCUT2D eigenvalue weighted by molar-refractivity contribution is 0.0950. The Morgan fingerprint density at radius 2 is 2.05 bits per heavy atom. The molecule has 2 aromatic heterocycles. The smallest absolute Gasteiger partial charge is 0.251 e. The molecule has 0 unspecified atom stereocenters. The minimum absolute atomic E-state index is 0.0583. The topological polar surface area (TPSA) is 61.7 Å². The van der Waals surface area contributed by atoms with E-state index in [4.69, 9.17) is 4.98 Å². The molecule has 37 heavy (non-hydrogen) atoms. The van der Waals surface area contributed by atoms with Crippen LogP contribution in [0.5, 0.6) is 0 Å². The third kappa shape index (κ3) is 5.00. The number of fused-ring (bicyclic) bond motifs is 3. The molecular formula is C28H31F2N5OS. The maximum Gasteiger partial charge on any atom is 0.251 e. The SMILES string of the molecule is O=C(NCCCN1CCC(F)CC1)c1ccc2c(c1)sc1nc(-c3cccc([C@H]4CCCN4)c3F)cn12. The van der Waals surface area contributed by atoms with E-state index in [0.717, 1.165) is 60.6 Å². The molecule has 2 aliphatic rings. The third-order valence-electron chi connectivity index (χ3n) is 7.55. The molecule has 2 saturated heterocycles. The van der Waals surface area contributed by atoms with Crippen LogP contribution in [0.2, 0.25) is 0 Å². The van der Waals surface area contributed by atoms with Gasteiger partial charge in [-0.25, -0.2) is 13.8 Å².